The summed E-state index contributed by atoms with van der Waals surface area (Å²) >= 11 is 12.3. The van der Waals surface area contributed by atoms with Gasteiger partial charge in [-0.15, -0.1) is 11.6 Å². The fraction of sp³-hybridized carbons (Fsp3) is 0.125. The second-order valence-corrected chi connectivity index (χ2v) is 4.76. The van der Waals surface area contributed by atoms with Gasteiger partial charge in [0.1, 0.15) is 11.5 Å². The van der Waals surface area contributed by atoms with Gasteiger partial charge in [-0.25, -0.2) is 4.98 Å². The molecular weight excluding hydrogens is 347 g/mol. The molecule has 78 valence electrons. The van der Waals surface area contributed by atoms with Crippen molar-refractivity contribution in [2.24, 2.45) is 0 Å². The van der Waals surface area contributed by atoms with Crippen molar-refractivity contribution in [1.29, 1.82) is 0 Å². The summed E-state index contributed by atoms with van der Waals surface area (Å²) in [5, 5.41) is 6.75. The highest BCUT2D eigenvalue weighted by Gasteiger charge is 2.10. The smallest absolute Gasteiger partial charge is 0.200 e. The maximum atomic E-state index is 5.62. The Morgan fingerprint density at radius 3 is 2.80 bits per heavy atom. The minimum Gasteiger partial charge on any atom is -0.262 e. The predicted molar refractivity (Wildman–Crippen MR) is 64.6 cm³/mol. The molecule has 0 bridgehead atoms. The molecule has 1 N–H and O–H groups in total. The van der Waals surface area contributed by atoms with Crippen molar-refractivity contribution in [3.05, 3.63) is 27.0 Å². The van der Waals surface area contributed by atoms with Gasteiger partial charge in [0.15, 0.2) is 0 Å². The molecule has 0 spiro atoms. The highest BCUT2D eigenvalue weighted by Crippen LogP contribution is 2.25. The summed E-state index contributed by atoms with van der Waals surface area (Å²) in [5.74, 6) is 1.47. The van der Waals surface area contributed by atoms with Crippen molar-refractivity contribution in [2.75, 3.05) is 0 Å². The van der Waals surface area contributed by atoms with Crippen LogP contribution < -0.4 is 0 Å². The average molecular weight is 352 g/mol. The SMILES string of the molecule is ClCc1nc(-c2ncc(Br)cc2Br)n[nH]1. The van der Waals surface area contributed by atoms with Gasteiger partial charge < -0.3 is 0 Å². The van der Waals surface area contributed by atoms with Crippen molar-refractivity contribution in [3.8, 4) is 11.5 Å². The Hall–Kier alpha value is -0.460. The first-order valence-electron chi connectivity index (χ1n) is 3.99. The van der Waals surface area contributed by atoms with E-state index in [1.807, 2.05) is 6.07 Å². The van der Waals surface area contributed by atoms with Crippen LogP contribution in [0.2, 0.25) is 0 Å². The van der Waals surface area contributed by atoms with Crippen molar-refractivity contribution in [3.63, 3.8) is 0 Å². The number of pyridine rings is 1. The Morgan fingerprint density at radius 1 is 1.40 bits per heavy atom. The first kappa shape index (κ1) is 11.0. The van der Waals surface area contributed by atoms with E-state index in [0.717, 1.165) is 8.95 Å². The molecule has 0 aliphatic heterocycles. The van der Waals surface area contributed by atoms with Crippen LogP contribution in [0.5, 0.6) is 0 Å². The molecule has 0 radical (unpaired) electrons. The second kappa shape index (κ2) is 4.59. The summed E-state index contributed by atoms with van der Waals surface area (Å²) in [6.45, 7) is 0. The Bertz CT molecular complexity index is 485. The molecule has 0 aromatic carbocycles. The van der Waals surface area contributed by atoms with E-state index in [9.17, 15) is 0 Å². The first-order chi connectivity index (χ1) is 7.20. The molecule has 0 aliphatic carbocycles. The van der Waals surface area contributed by atoms with Crippen LogP contribution in [0.1, 0.15) is 5.82 Å². The van der Waals surface area contributed by atoms with Crippen molar-refractivity contribution >= 4 is 43.5 Å². The highest BCUT2D eigenvalue weighted by atomic mass is 79.9. The van der Waals surface area contributed by atoms with Gasteiger partial charge in [-0.05, 0) is 37.9 Å². The van der Waals surface area contributed by atoms with Crippen LogP contribution >= 0.6 is 43.5 Å². The third kappa shape index (κ3) is 2.38. The molecule has 0 saturated carbocycles. The normalized spacial score (nSPS) is 10.6. The van der Waals surface area contributed by atoms with E-state index < -0.39 is 0 Å². The maximum Gasteiger partial charge on any atom is 0.200 e. The van der Waals surface area contributed by atoms with Gasteiger partial charge in [-0.3, -0.25) is 10.1 Å². The summed E-state index contributed by atoms with van der Waals surface area (Å²) in [5.41, 5.74) is 0.686. The zero-order chi connectivity index (χ0) is 10.8. The molecule has 2 heterocycles. The number of rotatable bonds is 2. The molecule has 0 fully saturated rings. The van der Waals surface area contributed by atoms with E-state index in [2.05, 4.69) is 52.0 Å². The number of alkyl halides is 1. The van der Waals surface area contributed by atoms with E-state index in [4.69, 9.17) is 11.6 Å². The number of nitrogens with one attached hydrogen (secondary N) is 1. The summed E-state index contributed by atoms with van der Waals surface area (Å²) in [4.78, 5) is 8.40. The zero-order valence-electron chi connectivity index (χ0n) is 7.34. The largest absolute Gasteiger partial charge is 0.262 e. The quantitative estimate of drug-likeness (QED) is 0.845. The molecule has 0 atom stereocenters. The Kier molecular flexibility index (Phi) is 3.38. The lowest BCUT2D eigenvalue weighted by Gasteiger charge is -1.98. The van der Waals surface area contributed by atoms with E-state index in [0.29, 0.717) is 23.2 Å². The van der Waals surface area contributed by atoms with Gasteiger partial charge in [0.2, 0.25) is 5.82 Å². The minimum absolute atomic E-state index is 0.307. The topological polar surface area (TPSA) is 54.5 Å². The van der Waals surface area contributed by atoms with E-state index in [1.54, 1.807) is 6.20 Å². The van der Waals surface area contributed by atoms with Gasteiger partial charge in [0.05, 0.1) is 5.88 Å². The third-order valence-corrected chi connectivity index (χ3v) is 2.97. The van der Waals surface area contributed by atoms with Gasteiger partial charge in [-0.2, -0.15) is 5.10 Å². The number of halogens is 3. The summed E-state index contributed by atoms with van der Waals surface area (Å²) < 4.78 is 1.73. The lowest BCUT2D eigenvalue weighted by molar-refractivity contribution is 1.02. The Morgan fingerprint density at radius 2 is 2.20 bits per heavy atom. The van der Waals surface area contributed by atoms with E-state index in [-0.39, 0.29) is 0 Å². The monoisotopic (exact) mass is 350 g/mol. The minimum atomic E-state index is 0.307. The first-order valence-corrected chi connectivity index (χ1v) is 6.11. The molecule has 2 aromatic rings. The lowest BCUT2D eigenvalue weighted by atomic mass is 10.3. The van der Waals surface area contributed by atoms with Gasteiger partial charge in [0, 0.05) is 15.1 Å². The second-order valence-electron chi connectivity index (χ2n) is 2.72. The molecule has 15 heavy (non-hydrogen) atoms. The van der Waals surface area contributed by atoms with Crippen LogP contribution in [-0.4, -0.2) is 20.2 Å². The molecule has 2 rings (SSSR count). The molecule has 0 aliphatic rings. The van der Waals surface area contributed by atoms with Crippen LogP contribution in [0.15, 0.2) is 21.2 Å². The number of aromatic nitrogens is 4. The van der Waals surface area contributed by atoms with Gasteiger partial charge >= 0.3 is 0 Å². The van der Waals surface area contributed by atoms with Crippen LogP contribution in [0, 0.1) is 0 Å². The van der Waals surface area contributed by atoms with E-state index >= 15 is 0 Å². The molecule has 0 saturated heterocycles. The number of hydrogen-bond donors (Lipinski definition) is 1. The Balaban J connectivity index is 2.44. The number of H-pyrrole nitrogens is 1. The molecule has 0 amide bonds. The average Bonchev–Trinajstić information content (AvgIpc) is 2.66. The molecule has 2 aromatic heterocycles. The predicted octanol–water partition coefficient (Wildman–Crippen LogP) is 3.13. The van der Waals surface area contributed by atoms with Crippen molar-refractivity contribution in [2.45, 2.75) is 5.88 Å². The standard InChI is InChI=1S/C8H5Br2ClN4/c9-4-1-5(10)7(12-3-4)8-13-6(2-11)14-15-8/h1,3H,2H2,(H,13,14,15). The summed E-state index contributed by atoms with van der Waals surface area (Å²) in [7, 11) is 0. The number of nitrogens with zero attached hydrogens (tertiary/aromatic N) is 3. The lowest BCUT2D eigenvalue weighted by Crippen LogP contribution is -1.88. The number of aromatic amines is 1. The van der Waals surface area contributed by atoms with Gasteiger partial charge in [0.25, 0.3) is 0 Å². The van der Waals surface area contributed by atoms with Crippen LogP contribution in [0.4, 0.5) is 0 Å². The Labute approximate surface area is 108 Å². The fourth-order valence-electron chi connectivity index (χ4n) is 1.04. The molecule has 4 nitrogen and oxygen atoms in total. The molecular formula is C8H5Br2ClN4. The maximum absolute atomic E-state index is 5.62. The molecule has 0 unspecified atom stereocenters. The third-order valence-electron chi connectivity index (χ3n) is 1.68. The molecule has 7 heteroatoms. The van der Waals surface area contributed by atoms with Crippen molar-refractivity contribution in [1.82, 2.24) is 20.2 Å². The number of hydrogen-bond acceptors (Lipinski definition) is 3. The van der Waals surface area contributed by atoms with Crippen LogP contribution in [0.25, 0.3) is 11.5 Å². The van der Waals surface area contributed by atoms with E-state index in [1.165, 1.54) is 0 Å². The summed E-state index contributed by atoms with van der Waals surface area (Å²) in [6, 6.07) is 1.89. The summed E-state index contributed by atoms with van der Waals surface area (Å²) in [6.07, 6.45) is 1.69. The van der Waals surface area contributed by atoms with Crippen molar-refractivity contribution < 1.29 is 0 Å². The van der Waals surface area contributed by atoms with Crippen LogP contribution in [-0.2, 0) is 5.88 Å². The fourth-order valence-corrected chi connectivity index (χ4v) is 2.32. The highest BCUT2D eigenvalue weighted by molar-refractivity contribution is 9.11. The zero-order valence-corrected chi connectivity index (χ0v) is 11.3. The van der Waals surface area contributed by atoms with Crippen LogP contribution in [0.3, 0.4) is 0 Å². The van der Waals surface area contributed by atoms with Gasteiger partial charge in [-0.1, -0.05) is 0 Å².